The number of carbonyl (C=O) groups excluding carboxylic acids is 1. The van der Waals surface area contributed by atoms with Crippen LogP contribution in [0.3, 0.4) is 0 Å². The summed E-state index contributed by atoms with van der Waals surface area (Å²) in [4.78, 5) is 21.3. The molecule has 0 aliphatic carbocycles. The van der Waals surface area contributed by atoms with E-state index in [9.17, 15) is 13.6 Å². The summed E-state index contributed by atoms with van der Waals surface area (Å²) in [5, 5.41) is 3.57. The number of piperazine rings is 1. The lowest BCUT2D eigenvalue weighted by Crippen LogP contribution is -2.52. The fourth-order valence-corrected chi connectivity index (χ4v) is 3.88. The van der Waals surface area contributed by atoms with Gasteiger partial charge in [0.25, 0.3) is 0 Å². The van der Waals surface area contributed by atoms with Crippen molar-refractivity contribution >= 4 is 22.5 Å². The van der Waals surface area contributed by atoms with Gasteiger partial charge in [0, 0.05) is 50.0 Å². The van der Waals surface area contributed by atoms with Gasteiger partial charge in [-0.15, -0.1) is 0 Å². The van der Waals surface area contributed by atoms with Gasteiger partial charge in [-0.3, -0.25) is 19.6 Å². The van der Waals surface area contributed by atoms with Crippen molar-refractivity contribution in [1.29, 1.82) is 0 Å². The second-order valence-corrected chi connectivity index (χ2v) is 7.63. The van der Waals surface area contributed by atoms with Crippen LogP contribution in [0.2, 0.25) is 0 Å². The number of rotatable bonds is 5. The highest BCUT2D eigenvalue weighted by Gasteiger charge is 2.26. The van der Waals surface area contributed by atoms with E-state index in [1.54, 1.807) is 30.5 Å². The van der Waals surface area contributed by atoms with Crippen LogP contribution in [-0.4, -0.2) is 52.9 Å². The fourth-order valence-electron chi connectivity index (χ4n) is 3.88. The van der Waals surface area contributed by atoms with Crippen molar-refractivity contribution in [2.45, 2.75) is 19.5 Å². The van der Waals surface area contributed by atoms with Gasteiger partial charge < -0.3 is 5.32 Å². The summed E-state index contributed by atoms with van der Waals surface area (Å²) in [6, 6.07) is 12.3. The molecule has 1 atom stereocenters. The molecule has 7 heteroatoms. The standard InChI is InChI=1S/C23H24F2N4O/c1-16(23(30)27-21-6-2-5-19(24)14-21)29-10-8-28(9-11-29)15-18-13-20(25)12-17-4-3-7-26-22(17)18/h2-7,12-14,16H,8-11,15H2,1H3,(H,27,30). The van der Waals surface area contributed by atoms with Gasteiger partial charge in [0.05, 0.1) is 11.6 Å². The second kappa shape index (κ2) is 8.85. The first-order valence-corrected chi connectivity index (χ1v) is 10.1. The summed E-state index contributed by atoms with van der Waals surface area (Å²) in [5.41, 5.74) is 2.15. The lowest BCUT2D eigenvalue weighted by molar-refractivity contribution is -0.121. The number of nitrogens with one attached hydrogen (secondary N) is 1. The van der Waals surface area contributed by atoms with Crippen LogP contribution >= 0.6 is 0 Å². The van der Waals surface area contributed by atoms with Gasteiger partial charge in [-0.1, -0.05) is 12.1 Å². The molecule has 1 aromatic heterocycles. The molecule has 3 aromatic rings. The van der Waals surface area contributed by atoms with Crippen molar-refractivity contribution in [3.8, 4) is 0 Å². The predicted molar refractivity (Wildman–Crippen MR) is 113 cm³/mol. The van der Waals surface area contributed by atoms with E-state index < -0.39 is 0 Å². The first kappa shape index (κ1) is 20.4. The Labute approximate surface area is 174 Å². The number of nitrogens with zero attached hydrogens (tertiary/aromatic N) is 3. The van der Waals surface area contributed by atoms with Crippen LogP contribution in [-0.2, 0) is 11.3 Å². The number of hydrogen-bond acceptors (Lipinski definition) is 4. The van der Waals surface area contributed by atoms with Gasteiger partial charge in [0.15, 0.2) is 0 Å². The highest BCUT2D eigenvalue weighted by Crippen LogP contribution is 2.21. The zero-order chi connectivity index (χ0) is 21.1. The van der Waals surface area contributed by atoms with Crippen molar-refractivity contribution in [3.05, 3.63) is 71.9 Å². The van der Waals surface area contributed by atoms with Crippen molar-refractivity contribution < 1.29 is 13.6 Å². The molecule has 5 nitrogen and oxygen atoms in total. The predicted octanol–water partition coefficient (Wildman–Crippen LogP) is 3.66. The van der Waals surface area contributed by atoms with Gasteiger partial charge >= 0.3 is 0 Å². The molecule has 4 rings (SSSR count). The lowest BCUT2D eigenvalue weighted by atomic mass is 10.1. The van der Waals surface area contributed by atoms with Crippen LogP contribution < -0.4 is 5.32 Å². The highest BCUT2D eigenvalue weighted by atomic mass is 19.1. The number of halogens is 2. The zero-order valence-electron chi connectivity index (χ0n) is 16.8. The Morgan fingerprint density at radius 1 is 1.07 bits per heavy atom. The summed E-state index contributed by atoms with van der Waals surface area (Å²) in [6.07, 6.45) is 1.72. The minimum atomic E-state index is -0.381. The van der Waals surface area contributed by atoms with E-state index in [1.807, 2.05) is 13.0 Å². The Morgan fingerprint density at radius 2 is 1.87 bits per heavy atom. The molecule has 0 bridgehead atoms. The molecule has 30 heavy (non-hydrogen) atoms. The van der Waals surface area contributed by atoms with E-state index in [0.29, 0.717) is 12.2 Å². The molecule has 1 N–H and O–H groups in total. The maximum atomic E-state index is 14.0. The molecule has 0 saturated carbocycles. The van der Waals surface area contributed by atoms with Crippen molar-refractivity contribution in [3.63, 3.8) is 0 Å². The van der Waals surface area contributed by atoms with Gasteiger partial charge in [-0.05, 0) is 48.9 Å². The average Bonchev–Trinajstić information content (AvgIpc) is 2.73. The topological polar surface area (TPSA) is 48.5 Å². The highest BCUT2D eigenvalue weighted by molar-refractivity contribution is 5.94. The minimum Gasteiger partial charge on any atom is -0.325 e. The Balaban J connectivity index is 1.35. The number of pyridine rings is 1. The Bertz CT molecular complexity index is 1050. The second-order valence-electron chi connectivity index (χ2n) is 7.63. The van der Waals surface area contributed by atoms with Crippen LogP contribution in [0.5, 0.6) is 0 Å². The normalized spacial score (nSPS) is 16.5. The molecule has 1 amide bonds. The zero-order valence-corrected chi connectivity index (χ0v) is 16.8. The van der Waals surface area contributed by atoms with E-state index in [2.05, 4.69) is 20.1 Å². The number of fused-ring (bicyclic) bond motifs is 1. The van der Waals surface area contributed by atoms with Gasteiger partial charge in [-0.25, -0.2) is 8.78 Å². The van der Waals surface area contributed by atoms with Crippen LogP contribution in [0, 0.1) is 11.6 Å². The summed E-state index contributed by atoms with van der Waals surface area (Å²) in [7, 11) is 0. The summed E-state index contributed by atoms with van der Waals surface area (Å²) in [5.74, 6) is -0.797. The largest absolute Gasteiger partial charge is 0.325 e. The first-order chi connectivity index (χ1) is 14.5. The number of benzene rings is 2. The van der Waals surface area contributed by atoms with Crippen LogP contribution in [0.25, 0.3) is 10.9 Å². The van der Waals surface area contributed by atoms with Crippen LogP contribution in [0.15, 0.2) is 54.7 Å². The molecule has 1 aliphatic rings. The van der Waals surface area contributed by atoms with Crippen molar-refractivity contribution in [2.75, 3.05) is 31.5 Å². The third-order valence-corrected chi connectivity index (χ3v) is 5.57. The maximum absolute atomic E-state index is 14.0. The van der Waals surface area contributed by atoms with E-state index in [-0.39, 0.29) is 23.6 Å². The molecular weight excluding hydrogens is 386 g/mol. The summed E-state index contributed by atoms with van der Waals surface area (Å²) >= 11 is 0. The molecule has 1 aliphatic heterocycles. The lowest BCUT2D eigenvalue weighted by Gasteiger charge is -2.37. The smallest absolute Gasteiger partial charge is 0.241 e. The van der Waals surface area contributed by atoms with Crippen molar-refractivity contribution in [1.82, 2.24) is 14.8 Å². The molecule has 156 valence electrons. The fraction of sp³-hybridized carbons (Fsp3) is 0.304. The SMILES string of the molecule is CC(C(=O)Nc1cccc(F)c1)N1CCN(Cc2cc(F)cc3cccnc23)CC1. The minimum absolute atomic E-state index is 0.158. The van der Waals surface area contributed by atoms with E-state index in [4.69, 9.17) is 0 Å². The molecule has 1 fully saturated rings. The number of aromatic nitrogens is 1. The van der Waals surface area contributed by atoms with Gasteiger partial charge in [0.1, 0.15) is 11.6 Å². The molecule has 1 unspecified atom stereocenters. The molecular formula is C23H24F2N4O. The van der Waals surface area contributed by atoms with Crippen LogP contribution in [0.4, 0.5) is 14.5 Å². The molecule has 1 saturated heterocycles. The molecule has 2 heterocycles. The molecule has 2 aromatic carbocycles. The Kier molecular flexibility index (Phi) is 6.01. The summed E-state index contributed by atoms with van der Waals surface area (Å²) < 4.78 is 27.3. The average molecular weight is 410 g/mol. The van der Waals surface area contributed by atoms with E-state index >= 15 is 0 Å². The number of amides is 1. The van der Waals surface area contributed by atoms with Crippen molar-refractivity contribution in [2.24, 2.45) is 0 Å². The Hall–Kier alpha value is -2.90. The number of hydrogen-bond donors (Lipinski definition) is 1. The van der Waals surface area contributed by atoms with E-state index in [0.717, 1.165) is 42.6 Å². The van der Waals surface area contributed by atoms with Gasteiger partial charge in [0.2, 0.25) is 5.91 Å². The molecule has 0 spiro atoms. The summed E-state index contributed by atoms with van der Waals surface area (Å²) in [6.45, 7) is 5.44. The quantitative estimate of drug-likeness (QED) is 0.698. The van der Waals surface area contributed by atoms with E-state index in [1.165, 1.54) is 18.2 Å². The maximum Gasteiger partial charge on any atom is 0.241 e. The monoisotopic (exact) mass is 410 g/mol. The third-order valence-electron chi connectivity index (χ3n) is 5.57. The molecule has 0 radical (unpaired) electrons. The van der Waals surface area contributed by atoms with Crippen LogP contribution in [0.1, 0.15) is 12.5 Å². The number of carbonyl (C=O) groups is 1. The Morgan fingerprint density at radius 3 is 2.63 bits per heavy atom. The van der Waals surface area contributed by atoms with Gasteiger partial charge in [-0.2, -0.15) is 0 Å². The number of anilines is 1. The third kappa shape index (κ3) is 4.63. The first-order valence-electron chi connectivity index (χ1n) is 10.1.